The zero-order valence-corrected chi connectivity index (χ0v) is 14.9. The van der Waals surface area contributed by atoms with Crippen LogP contribution in [0.5, 0.6) is 0 Å². The molecule has 0 aromatic carbocycles. The van der Waals surface area contributed by atoms with Crippen LogP contribution in [0.2, 0.25) is 0 Å². The zero-order chi connectivity index (χ0) is 18.2. The number of rotatable bonds is 14. The van der Waals surface area contributed by atoms with Crippen molar-refractivity contribution in [3.63, 3.8) is 0 Å². The second-order valence-corrected chi connectivity index (χ2v) is 5.95. The number of hydrogen-bond donors (Lipinski definition) is 3. The molecule has 0 saturated heterocycles. The fraction of sp³-hybridized carbons (Fsp3) is 0.632. The molecule has 24 heavy (non-hydrogen) atoms. The van der Waals surface area contributed by atoms with Crippen LogP contribution >= 0.6 is 0 Å². The standard InChI is InChI=1S/C19H33NO4/c1-3-4-5-6-7-8-9-10-11-12-18(24-2)15-17(21)13-16(20)14-19(22)23/h7-12,16-18,21H,3-6,13-15,20H2,1-2H3,(H,22,23)/b8-7+,10-9+,12-11+/t16-,17-,18-/m1/s1. The summed E-state index contributed by atoms with van der Waals surface area (Å²) in [7, 11) is 1.58. The van der Waals surface area contributed by atoms with Crippen LogP contribution in [-0.4, -0.2) is 41.5 Å². The summed E-state index contributed by atoms with van der Waals surface area (Å²) < 4.78 is 5.30. The summed E-state index contributed by atoms with van der Waals surface area (Å²) in [5.41, 5.74) is 5.67. The molecule has 0 bridgehead atoms. The number of carboxylic acid groups (broad SMARTS) is 1. The third-order valence-corrected chi connectivity index (χ3v) is 3.59. The van der Waals surface area contributed by atoms with Crippen LogP contribution < -0.4 is 5.73 Å². The van der Waals surface area contributed by atoms with Crippen molar-refractivity contribution in [1.29, 1.82) is 0 Å². The molecule has 5 heteroatoms. The van der Waals surface area contributed by atoms with E-state index < -0.39 is 18.1 Å². The minimum atomic E-state index is -0.953. The lowest BCUT2D eigenvalue weighted by Gasteiger charge is -2.18. The van der Waals surface area contributed by atoms with Gasteiger partial charge in [-0.25, -0.2) is 0 Å². The Morgan fingerprint density at radius 3 is 2.50 bits per heavy atom. The van der Waals surface area contributed by atoms with E-state index in [4.69, 9.17) is 15.6 Å². The average Bonchev–Trinajstić information content (AvgIpc) is 2.51. The Bertz CT molecular complexity index is 404. The zero-order valence-electron chi connectivity index (χ0n) is 14.9. The summed E-state index contributed by atoms with van der Waals surface area (Å²) in [6.07, 6.45) is 16.2. The van der Waals surface area contributed by atoms with Gasteiger partial charge in [0.05, 0.1) is 18.6 Å². The predicted molar refractivity (Wildman–Crippen MR) is 97.8 cm³/mol. The van der Waals surface area contributed by atoms with Crippen LogP contribution in [-0.2, 0) is 9.53 Å². The lowest BCUT2D eigenvalue weighted by Crippen LogP contribution is -2.30. The van der Waals surface area contributed by atoms with E-state index in [9.17, 15) is 9.90 Å². The van der Waals surface area contributed by atoms with Gasteiger partial charge >= 0.3 is 5.97 Å². The summed E-state index contributed by atoms with van der Waals surface area (Å²) in [6.45, 7) is 2.19. The van der Waals surface area contributed by atoms with Crippen LogP contribution in [0.3, 0.4) is 0 Å². The highest BCUT2D eigenvalue weighted by atomic mass is 16.5. The molecule has 0 unspecified atom stereocenters. The summed E-state index contributed by atoms with van der Waals surface area (Å²) in [5.74, 6) is -0.953. The molecule has 0 amide bonds. The quantitative estimate of drug-likeness (QED) is 0.334. The number of unbranched alkanes of at least 4 members (excludes halogenated alkanes) is 3. The van der Waals surface area contributed by atoms with Crippen LogP contribution in [0.15, 0.2) is 36.5 Å². The van der Waals surface area contributed by atoms with Crippen LogP contribution in [0.1, 0.15) is 51.9 Å². The highest BCUT2D eigenvalue weighted by molar-refractivity contribution is 5.67. The molecular formula is C19H33NO4. The molecule has 0 radical (unpaired) electrons. The largest absolute Gasteiger partial charge is 0.481 e. The molecule has 0 spiro atoms. The number of aliphatic hydroxyl groups is 1. The minimum absolute atomic E-state index is 0.141. The molecule has 0 rings (SSSR count). The van der Waals surface area contributed by atoms with Gasteiger partial charge in [0, 0.05) is 19.6 Å². The lowest BCUT2D eigenvalue weighted by molar-refractivity contribution is -0.137. The molecule has 0 aliphatic carbocycles. The molecule has 5 nitrogen and oxygen atoms in total. The number of methoxy groups -OCH3 is 1. The molecule has 0 aromatic heterocycles. The van der Waals surface area contributed by atoms with Crippen molar-refractivity contribution >= 4 is 5.97 Å². The molecule has 0 aliphatic heterocycles. The van der Waals surface area contributed by atoms with E-state index in [2.05, 4.69) is 13.0 Å². The highest BCUT2D eigenvalue weighted by Gasteiger charge is 2.16. The molecular weight excluding hydrogens is 306 g/mol. The molecule has 0 heterocycles. The van der Waals surface area contributed by atoms with Crippen LogP contribution in [0, 0.1) is 0 Å². The van der Waals surface area contributed by atoms with Crippen molar-refractivity contribution in [2.24, 2.45) is 5.73 Å². The molecule has 4 N–H and O–H groups in total. The number of ether oxygens (including phenoxy) is 1. The maximum Gasteiger partial charge on any atom is 0.304 e. The first-order chi connectivity index (χ1) is 11.5. The molecule has 0 aliphatic rings. The number of aliphatic carboxylic acids is 1. The van der Waals surface area contributed by atoms with E-state index in [1.54, 1.807) is 7.11 Å². The Labute approximate surface area is 145 Å². The van der Waals surface area contributed by atoms with Gasteiger partial charge < -0.3 is 20.7 Å². The van der Waals surface area contributed by atoms with Crippen molar-refractivity contribution in [3.05, 3.63) is 36.5 Å². The first kappa shape index (κ1) is 22.6. The van der Waals surface area contributed by atoms with Gasteiger partial charge in [-0.1, -0.05) is 56.2 Å². The van der Waals surface area contributed by atoms with E-state index >= 15 is 0 Å². The SMILES string of the molecule is CCCCC/C=C/C=C/C=C/[C@H](C[C@H](O)C[C@@H](N)CC(=O)O)OC. The minimum Gasteiger partial charge on any atom is -0.481 e. The Balaban J connectivity index is 4.09. The molecule has 0 aromatic rings. The van der Waals surface area contributed by atoms with E-state index in [1.807, 2.05) is 30.4 Å². The monoisotopic (exact) mass is 339 g/mol. The van der Waals surface area contributed by atoms with Crippen molar-refractivity contribution in [2.45, 2.75) is 70.1 Å². The summed E-state index contributed by atoms with van der Waals surface area (Å²) >= 11 is 0. The lowest BCUT2D eigenvalue weighted by atomic mass is 10.0. The van der Waals surface area contributed by atoms with Gasteiger partial charge in [0.15, 0.2) is 0 Å². The third-order valence-electron chi connectivity index (χ3n) is 3.59. The highest BCUT2D eigenvalue weighted by Crippen LogP contribution is 2.10. The number of nitrogens with two attached hydrogens (primary N) is 1. The molecule has 138 valence electrons. The van der Waals surface area contributed by atoms with Gasteiger partial charge in [0.25, 0.3) is 0 Å². The fourth-order valence-corrected chi connectivity index (χ4v) is 2.28. The second kappa shape index (κ2) is 15.1. The molecule has 0 fully saturated rings. The Hall–Kier alpha value is -1.43. The van der Waals surface area contributed by atoms with Gasteiger partial charge in [-0.3, -0.25) is 4.79 Å². The van der Waals surface area contributed by atoms with Crippen LogP contribution in [0.25, 0.3) is 0 Å². The number of hydrogen-bond acceptors (Lipinski definition) is 4. The first-order valence-electron chi connectivity index (χ1n) is 8.67. The van der Waals surface area contributed by atoms with E-state index in [0.717, 1.165) is 6.42 Å². The van der Waals surface area contributed by atoms with E-state index in [1.165, 1.54) is 19.3 Å². The number of aliphatic hydroxyl groups excluding tert-OH is 1. The van der Waals surface area contributed by atoms with Crippen molar-refractivity contribution in [3.8, 4) is 0 Å². The van der Waals surface area contributed by atoms with Gasteiger partial charge in [-0.05, 0) is 19.3 Å². The van der Waals surface area contributed by atoms with Crippen molar-refractivity contribution in [2.75, 3.05) is 7.11 Å². The smallest absolute Gasteiger partial charge is 0.304 e. The van der Waals surface area contributed by atoms with Gasteiger partial charge in [0.2, 0.25) is 0 Å². The summed E-state index contributed by atoms with van der Waals surface area (Å²) in [6, 6.07) is -0.545. The maximum atomic E-state index is 10.6. The molecule has 0 saturated carbocycles. The predicted octanol–water partition coefficient (Wildman–Crippen LogP) is 3.19. The Kier molecular flexibility index (Phi) is 14.2. The van der Waals surface area contributed by atoms with Crippen molar-refractivity contribution in [1.82, 2.24) is 0 Å². The van der Waals surface area contributed by atoms with Gasteiger partial charge in [-0.15, -0.1) is 0 Å². The van der Waals surface area contributed by atoms with Crippen LogP contribution in [0.4, 0.5) is 0 Å². The first-order valence-corrected chi connectivity index (χ1v) is 8.67. The Morgan fingerprint density at radius 2 is 1.88 bits per heavy atom. The average molecular weight is 339 g/mol. The summed E-state index contributed by atoms with van der Waals surface area (Å²) in [4.78, 5) is 10.6. The number of carbonyl (C=O) groups is 1. The Morgan fingerprint density at radius 1 is 1.17 bits per heavy atom. The number of allylic oxidation sites excluding steroid dienone is 5. The molecule has 3 atom stereocenters. The number of carboxylic acids is 1. The fourth-order valence-electron chi connectivity index (χ4n) is 2.28. The van der Waals surface area contributed by atoms with E-state index in [0.29, 0.717) is 6.42 Å². The second-order valence-electron chi connectivity index (χ2n) is 5.95. The topological polar surface area (TPSA) is 92.8 Å². The van der Waals surface area contributed by atoms with Crippen molar-refractivity contribution < 1.29 is 19.7 Å². The van der Waals surface area contributed by atoms with Gasteiger partial charge in [-0.2, -0.15) is 0 Å². The van der Waals surface area contributed by atoms with E-state index in [-0.39, 0.29) is 18.9 Å². The normalized spacial score (nSPS) is 16.2. The maximum absolute atomic E-state index is 10.6. The third kappa shape index (κ3) is 14.2. The van der Waals surface area contributed by atoms with Gasteiger partial charge in [0.1, 0.15) is 0 Å². The summed E-state index contributed by atoms with van der Waals surface area (Å²) in [5, 5.41) is 18.6.